The van der Waals surface area contributed by atoms with Crippen molar-refractivity contribution in [2.75, 3.05) is 11.6 Å². The van der Waals surface area contributed by atoms with Crippen molar-refractivity contribution in [1.29, 1.82) is 5.26 Å². The van der Waals surface area contributed by atoms with Crippen LogP contribution in [0.5, 0.6) is 0 Å². The first kappa shape index (κ1) is 27.9. The van der Waals surface area contributed by atoms with Crippen LogP contribution in [0.25, 0.3) is 0 Å². The first-order chi connectivity index (χ1) is 15.2. The highest BCUT2D eigenvalue weighted by Crippen LogP contribution is 2.20. The predicted molar refractivity (Wildman–Crippen MR) is 125 cm³/mol. The highest BCUT2D eigenvalue weighted by molar-refractivity contribution is 5.70. The van der Waals surface area contributed by atoms with Gasteiger partial charge >= 0.3 is 12.2 Å². The topological polar surface area (TPSA) is 129 Å². The summed E-state index contributed by atoms with van der Waals surface area (Å²) in [5, 5.41) is 13.4. The Morgan fingerprint density at radius 3 is 2.39 bits per heavy atom. The molecule has 0 radical (unpaired) electrons. The Kier molecular flexibility index (Phi) is 10.4. The Labute approximate surface area is 197 Å². The van der Waals surface area contributed by atoms with E-state index in [1.807, 2.05) is 61.5 Å². The Balaban J connectivity index is 2.59. The van der Waals surface area contributed by atoms with Crippen molar-refractivity contribution in [2.45, 2.75) is 91.9 Å². The van der Waals surface area contributed by atoms with Gasteiger partial charge < -0.3 is 14.8 Å². The van der Waals surface area contributed by atoms with Gasteiger partial charge in [0.2, 0.25) is 5.82 Å². The third-order valence-electron chi connectivity index (χ3n) is 4.34. The number of hydrogen-bond donors (Lipinski definition) is 2. The number of alkyl carbamates (subject to hydrolysis) is 1. The molecule has 10 heteroatoms. The average molecular weight is 463 g/mol. The maximum absolute atomic E-state index is 12.6. The van der Waals surface area contributed by atoms with Crippen LogP contribution in [0.3, 0.4) is 0 Å². The summed E-state index contributed by atoms with van der Waals surface area (Å²) in [7, 11) is 0. The number of carbonyl (C=O) groups is 2. The summed E-state index contributed by atoms with van der Waals surface area (Å²) in [5.74, 6) is 0.649. The first-order valence-electron chi connectivity index (χ1n) is 11.2. The molecule has 2 amide bonds. The van der Waals surface area contributed by atoms with Gasteiger partial charge in [-0.25, -0.2) is 20.0 Å². The molecule has 0 saturated carbocycles. The standard InChI is InChI=1S/C23H38N6O4/c1-16(2)15-29(19-11-13-25-18(14-24)27-19)28-21(31)33-23(7,8)12-9-10-17(3)26-20(30)32-22(4,5)6/h11,13,16-17H,9-10,12,15H2,1-8H3,(H,26,30)(H,28,31). The van der Waals surface area contributed by atoms with Gasteiger partial charge in [-0.2, -0.15) is 10.2 Å². The zero-order valence-electron chi connectivity index (χ0n) is 21.1. The molecule has 1 heterocycles. The Morgan fingerprint density at radius 2 is 1.82 bits per heavy atom. The summed E-state index contributed by atoms with van der Waals surface area (Å²) in [4.78, 5) is 32.5. The van der Waals surface area contributed by atoms with E-state index in [0.717, 1.165) is 6.42 Å². The van der Waals surface area contributed by atoms with Crippen LogP contribution >= 0.6 is 0 Å². The van der Waals surface area contributed by atoms with Crippen LogP contribution in [0.1, 0.15) is 80.5 Å². The molecule has 0 aliphatic heterocycles. The minimum absolute atomic E-state index is 0.0193. The van der Waals surface area contributed by atoms with E-state index in [1.54, 1.807) is 11.1 Å². The molecule has 1 aromatic heterocycles. The van der Waals surface area contributed by atoms with Crippen LogP contribution in [0, 0.1) is 17.2 Å². The maximum atomic E-state index is 12.6. The Bertz CT molecular complexity index is 829. The fourth-order valence-electron chi connectivity index (χ4n) is 2.96. The average Bonchev–Trinajstić information content (AvgIpc) is 2.64. The van der Waals surface area contributed by atoms with Crippen molar-refractivity contribution in [1.82, 2.24) is 20.7 Å². The molecule has 33 heavy (non-hydrogen) atoms. The molecule has 1 aromatic rings. The van der Waals surface area contributed by atoms with Crippen LogP contribution in [-0.4, -0.2) is 45.9 Å². The number of nitrogens with one attached hydrogen (secondary N) is 2. The number of carbonyl (C=O) groups excluding carboxylic acids is 2. The quantitative estimate of drug-likeness (QED) is 0.492. The molecule has 2 N–H and O–H groups in total. The van der Waals surface area contributed by atoms with E-state index < -0.39 is 23.4 Å². The number of aromatic nitrogens is 2. The van der Waals surface area contributed by atoms with E-state index in [2.05, 4.69) is 20.7 Å². The summed E-state index contributed by atoms with van der Waals surface area (Å²) in [6.45, 7) is 15.5. The van der Waals surface area contributed by atoms with Gasteiger partial charge in [0.05, 0.1) is 0 Å². The summed E-state index contributed by atoms with van der Waals surface area (Å²) in [6.07, 6.45) is 2.47. The van der Waals surface area contributed by atoms with Crippen LogP contribution in [0.15, 0.2) is 12.3 Å². The number of ether oxygens (including phenoxy) is 2. The second kappa shape index (κ2) is 12.2. The molecule has 0 aliphatic rings. The van der Waals surface area contributed by atoms with E-state index in [9.17, 15) is 9.59 Å². The first-order valence-corrected chi connectivity index (χ1v) is 11.2. The Morgan fingerprint density at radius 1 is 1.15 bits per heavy atom. The lowest BCUT2D eigenvalue weighted by molar-refractivity contribution is 0.0297. The highest BCUT2D eigenvalue weighted by atomic mass is 16.6. The third-order valence-corrected chi connectivity index (χ3v) is 4.34. The van der Waals surface area contributed by atoms with Gasteiger partial charge in [-0.1, -0.05) is 13.8 Å². The normalized spacial score (nSPS) is 12.5. The number of rotatable bonds is 10. The lowest BCUT2D eigenvalue weighted by Crippen LogP contribution is -2.47. The minimum atomic E-state index is -0.720. The number of nitrogens with zero attached hydrogens (tertiary/aromatic N) is 4. The summed E-state index contributed by atoms with van der Waals surface area (Å²) in [5.41, 5.74) is 1.46. The van der Waals surface area contributed by atoms with Gasteiger partial charge in [0.15, 0.2) is 5.82 Å². The minimum Gasteiger partial charge on any atom is -0.444 e. The van der Waals surface area contributed by atoms with Crippen LogP contribution in [0.2, 0.25) is 0 Å². The molecule has 184 valence electrons. The number of hydrogen-bond acceptors (Lipinski definition) is 8. The maximum Gasteiger partial charge on any atom is 0.426 e. The van der Waals surface area contributed by atoms with Gasteiger partial charge in [-0.05, 0) is 66.7 Å². The SMILES string of the molecule is CC(C)CN(NC(=O)OC(C)(C)CCCC(C)NC(=O)OC(C)(C)C)c1ccnc(C#N)n1. The van der Waals surface area contributed by atoms with Gasteiger partial charge in [0.1, 0.15) is 17.3 Å². The zero-order valence-corrected chi connectivity index (χ0v) is 21.1. The molecular weight excluding hydrogens is 424 g/mol. The monoisotopic (exact) mass is 462 g/mol. The third kappa shape index (κ3) is 11.9. The smallest absolute Gasteiger partial charge is 0.426 e. The molecular formula is C23H38N6O4. The second-order valence-electron chi connectivity index (χ2n) is 10.1. The van der Waals surface area contributed by atoms with E-state index >= 15 is 0 Å². The van der Waals surface area contributed by atoms with Crippen molar-refractivity contribution in [3.05, 3.63) is 18.1 Å². The van der Waals surface area contributed by atoms with Crippen LogP contribution in [0.4, 0.5) is 15.4 Å². The molecule has 0 aromatic carbocycles. The van der Waals surface area contributed by atoms with Gasteiger partial charge in [0, 0.05) is 24.8 Å². The number of anilines is 1. The van der Waals surface area contributed by atoms with Crippen LogP contribution in [-0.2, 0) is 9.47 Å². The molecule has 0 spiro atoms. The van der Waals surface area contributed by atoms with Crippen molar-refractivity contribution in [3.8, 4) is 6.07 Å². The molecule has 0 saturated heterocycles. The van der Waals surface area contributed by atoms with Crippen molar-refractivity contribution >= 4 is 18.0 Å². The van der Waals surface area contributed by atoms with Gasteiger partial charge in [0.25, 0.3) is 0 Å². The highest BCUT2D eigenvalue weighted by Gasteiger charge is 2.25. The number of amides is 2. The van der Waals surface area contributed by atoms with Crippen molar-refractivity contribution in [3.63, 3.8) is 0 Å². The van der Waals surface area contributed by atoms with Gasteiger partial charge in [-0.15, -0.1) is 0 Å². The van der Waals surface area contributed by atoms with Crippen molar-refractivity contribution < 1.29 is 19.1 Å². The van der Waals surface area contributed by atoms with E-state index in [4.69, 9.17) is 14.7 Å². The summed E-state index contributed by atoms with van der Waals surface area (Å²) >= 11 is 0. The number of hydrazine groups is 1. The summed E-state index contributed by atoms with van der Waals surface area (Å²) in [6, 6.07) is 3.44. The second-order valence-corrected chi connectivity index (χ2v) is 10.1. The Hall–Kier alpha value is -3.09. The fraction of sp³-hybridized carbons (Fsp3) is 0.696. The molecule has 0 bridgehead atoms. The lowest BCUT2D eigenvalue weighted by atomic mass is 9.99. The zero-order chi connectivity index (χ0) is 25.2. The van der Waals surface area contributed by atoms with Gasteiger partial charge in [-0.3, -0.25) is 5.01 Å². The van der Waals surface area contributed by atoms with E-state index in [0.29, 0.717) is 25.2 Å². The summed E-state index contributed by atoms with van der Waals surface area (Å²) < 4.78 is 10.9. The van der Waals surface area contributed by atoms with E-state index in [-0.39, 0.29) is 17.8 Å². The fourth-order valence-corrected chi connectivity index (χ4v) is 2.96. The molecule has 1 unspecified atom stereocenters. The molecule has 0 fully saturated rings. The lowest BCUT2D eigenvalue weighted by Gasteiger charge is -2.30. The number of nitriles is 1. The molecule has 10 nitrogen and oxygen atoms in total. The largest absolute Gasteiger partial charge is 0.444 e. The van der Waals surface area contributed by atoms with E-state index in [1.165, 1.54) is 6.20 Å². The van der Waals surface area contributed by atoms with Crippen molar-refractivity contribution in [2.24, 2.45) is 5.92 Å². The van der Waals surface area contributed by atoms with Crippen LogP contribution < -0.4 is 15.8 Å². The molecule has 0 aliphatic carbocycles. The molecule has 1 atom stereocenters. The predicted octanol–water partition coefficient (Wildman–Crippen LogP) is 4.31. The molecule has 1 rings (SSSR count).